The lowest BCUT2D eigenvalue weighted by Gasteiger charge is -2.13. The minimum atomic E-state index is 0.389. The number of nitrogens with zero attached hydrogens (tertiary/aromatic N) is 1. The molecule has 0 heterocycles. The summed E-state index contributed by atoms with van der Waals surface area (Å²) in [7, 11) is 3.99. The fourth-order valence-electron chi connectivity index (χ4n) is 0.172. The molecule has 0 aliphatic heterocycles. The number of rotatable bonds is 2. The van der Waals surface area contributed by atoms with E-state index in [0.717, 1.165) is 0 Å². The van der Waals surface area contributed by atoms with E-state index in [1.807, 2.05) is 25.9 Å². The van der Waals surface area contributed by atoms with Crippen molar-refractivity contribution >= 4 is 0 Å². The third kappa shape index (κ3) is 2.40. The molecule has 0 N–H and O–H groups in total. The van der Waals surface area contributed by atoms with Crippen LogP contribution in [0.5, 0.6) is 0 Å². The zero-order valence-corrected chi connectivity index (χ0v) is 5.18. The summed E-state index contributed by atoms with van der Waals surface area (Å²) in [6.45, 7) is 7.25. The van der Waals surface area contributed by atoms with Gasteiger partial charge in [-0.05, 0) is 21.0 Å². The lowest BCUT2D eigenvalue weighted by Crippen LogP contribution is -2.21. The summed E-state index contributed by atoms with van der Waals surface area (Å²) in [5.41, 5.74) is 0. The van der Waals surface area contributed by atoms with Crippen LogP contribution in [0.1, 0.15) is 6.92 Å². The summed E-state index contributed by atoms with van der Waals surface area (Å²) in [5, 5.41) is 0. The average molecular weight is 98.2 g/mol. The predicted molar refractivity (Wildman–Crippen MR) is 32.0 cm³/mol. The molecule has 41 valence electrons. The van der Waals surface area contributed by atoms with Crippen molar-refractivity contribution in [2.45, 2.75) is 13.0 Å². The van der Waals surface area contributed by atoms with Crippen molar-refractivity contribution in [3.05, 3.63) is 12.7 Å². The molecule has 0 amide bonds. The van der Waals surface area contributed by atoms with Gasteiger partial charge in [-0.25, -0.2) is 0 Å². The Bertz CT molecular complexity index is 57.2. The third-order valence-corrected chi connectivity index (χ3v) is 1.09. The molecule has 0 aromatic rings. The van der Waals surface area contributed by atoms with E-state index in [2.05, 4.69) is 0 Å². The first-order valence-corrected chi connectivity index (χ1v) is 2.40. The molecule has 0 rings (SSSR count). The Kier molecular flexibility index (Phi) is 2.68. The summed E-state index contributed by atoms with van der Waals surface area (Å²) in [6.07, 6.45) is 1.67. The minimum absolute atomic E-state index is 0.389. The Hall–Kier alpha value is -0.300. The van der Waals surface area contributed by atoms with Crippen molar-refractivity contribution < 1.29 is 0 Å². The SMILES string of the molecule is [CH]=CC(C)N(C)C. The summed E-state index contributed by atoms with van der Waals surface area (Å²) in [5.74, 6) is 0. The first-order chi connectivity index (χ1) is 3.18. The quantitative estimate of drug-likeness (QED) is 0.496. The van der Waals surface area contributed by atoms with Gasteiger partial charge in [-0.3, -0.25) is 0 Å². The van der Waals surface area contributed by atoms with Gasteiger partial charge in [-0.15, -0.1) is 0 Å². The van der Waals surface area contributed by atoms with E-state index in [1.54, 1.807) is 6.08 Å². The Morgan fingerprint density at radius 1 is 1.57 bits per heavy atom. The average Bonchev–Trinajstić information content (AvgIpc) is 1.65. The van der Waals surface area contributed by atoms with E-state index < -0.39 is 0 Å². The van der Waals surface area contributed by atoms with E-state index in [1.165, 1.54) is 0 Å². The molecule has 1 radical (unpaired) electrons. The van der Waals surface area contributed by atoms with Crippen LogP contribution in [0.25, 0.3) is 0 Å². The van der Waals surface area contributed by atoms with Gasteiger partial charge in [0.25, 0.3) is 0 Å². The van der Waals surface area contributed by atoms with Crippen LogP contribution in [-0.4, -0.2) is 25.0 Å². The second-order valence-corrected chi connectivity index (χ2v) is 1.90. The zero-order chi connectivity index (χ0) is 5.86. The van der Waals surface area contributed by atoms with E-state index in [9.17, 15) is 0 Å². The van der Waals surface area contributed by atoms with Gasteiger partial charge in [0.1, 0.15) is 0 Å². The molecular weight excluding hydrogens is 86.1 g/mol. The predicted octanol–water partition coefficient (Wildman–Crippen LogP) is 0.926. The molecule has 0 saturated heterocycles. The molecule has 1 unspecified atom stereocenters. The summed E-state index contributed by atoms with van der Waals surface area (Å²) < 4.78 is 0. The third-order valence-electron chi connectivity index (χ3n) is 1.09. The van der Waals surface area contributed by atoms with Crippen LogP contribution in [0.3, 0.4) is 0 Å². The molecule has 0 aromatic heterocycles. The van der Waals surface area contributed by atoms with Crippen LogP contribution in [0.15, 0.2) is 6.08 Å². The van der Waals surface area contributed by atoms with Gasteiger partial charge in [0.2, 0.25) is 0 Å². The van der Waals surface area contributed by atoms with Gasteiger partial charge in [-0.2, -0.15) is 0 Å². The zero-order valence-electron chi connectivity index (χ0n) is 5.18. The molecule has 1 heteroatoms. The maximum absolute atomic E-state index is 5.21. The van der Waals surface area contributed by atoms with Crippen LogP contribution in [0, 0.1) is 6.58 Å². The number of likely N-dealkylation sites (N-methyl/N-ethyl adjacent to an activating group) is 1. The van der Waals surface area contributed by atoms with E-state index >= 15 is 0 Å². The summed E-state index contributed by atoms with van der Waals surface area (Å²) in [4.78, 5) is 2.04. The molecule has 1 atom stereocenters. The van der Waals surface area contributed by atoms with Gasteiger partial charge < -0.3 is 4.90 Å². The van der Waals surface area contributed by atoms with E-state index in [-0.39, 0.29) is 0 Å². The van der Waals surface area contributed by atoms with Crippen LogP contribution in [0.2, 0.25) is 0 Å². The Morgan fingerprint density at radius 3 is 2.00 bits per heavy atom. The molecule has 0 aliphatic rings. The van der Waals surface area contributed by atoms with Crippen molar-refractivity contribution in [2.24, 2.45) is 0 Å². The molecule has 7 heavy (non-hydrogen) atoms. The van der Waals surface area contributed by atoms with Gasteiger partial charge in [0.15, 0.2) is 0 Å². The lowest BCUT2D eigenvalue weighted by molar-refractivity contribution is 0.364. The van der Waals surface area contributed by atoms with Gasteiger partial charge >= 0.3 is 0 Å². The van der Waals surface area contributed by atoms with Crippen molar-refractivity contribution in [2.75, 3.05) is 14.1 Å². The highest BCUT2D eigenvalue weighted by Gasteiger charge is 1.93. The fourth-order valence-corrected chi connectivity index (χ4v) is 0.172. The van der Waals surface area contributed by atoms with Crippen molar-refractivity contribution in [3.8, 4) is 0 Å². The van der Waals surface area contributed by atoms with Crippen LogP contribution >= 0.6 is 0 Å². The maximum atomic E-state index is 5.21. The van der Waals surface area contributed by atoms with Crippen LogP contribution < -0.4 is 0 Å². The smallest absolute Gasteiger partial charge is 0.0246 e. The normalized spacial score (nSPS) is 14.3. The molecule has 0 fully saturated rings. The standard InChI is InChI=1S/C6H12N/c1-5-6(2)7(3)4/h1,5-6H,2-4H3. The molecular formula is C6H12N. The minimum Gasteiger partial charge on any atom is -0.303 e. The molecule has 0 bridgehead atoms. The Labute approximate surface area is 45.6 Å². The molecule has 0 aliphatic carbocycles. The van der Waals surface area contributed by atoms with Crippen LogP contribution in [-0.2, 0) is 0 Å². The fraction of sp³-hybridized carbons (Fsp3) is 0.667. The molecule has 0 spiro atoms. The van der Waals surface area contributed by atoms with Crippen molar-refractivity contribution in [3.63, 3.8) is 0 Å². The highest BCUT2D eigenvalue weighted by atomic mass is 15.1. The van der Waals surface area contributed by atoms with Gasteiger partial charge in [0, 0.05) is 6.04 Å². The molecule has 1 nitrogen and oxygen atoms in total. The second-order valence-electron chi connectivity index (χ2n) is 1.90. The highest BCUT2D eigenvalue weighted by Crippen LogP contribution is 1.88. The van der Waals surface area contributed by atoms with Crippen LogP contribution in [0.4, 0.5) is 0 Å². The molecule has 0 aromatic carbocycles. The Balaban J connectivity index is 3.33. The first-order valence-electron chi connectivity index (χ1n) is 2.40. The van der Waals surface area contributed by atoms with Gasteiger partial charge in [-0.1, -0.05) is 12.7 Å². The lowest BCUT2D eigenvalue weighted by atomic mass is 10.3. The van der Waals surface area contributed by atoms with Crippen molar-refractivity contribution in [1.29, 1.82) is 0 Å². The van der Waals surface area contributed by atoms with Gasteiger partial charge in [0.05, 0.1) is 0 Å². The Morgan fingerprint density at radius 2 is 2.00 bits per heavy atom. The van der Waals surface area contributed by atoms with E-state index in [0.29, 0.717) is 6.04 Å². The topological polar surface area (TPSA) is 3.24 Å². The maximum Gasteiger partial charge on any atom is 0.0246 e. The first kappa shape index (κ1) is 6.70. The number of hydrogen-bond acceptors (Lipinski definition) is 1. The van der Waals surface area contributed by atoms with E-state index in [4.69, 9.17) is 6.58 Å². The summed E-state index contributed by atoms with van der Waals surface area (Å²) in [6, 6.07) is 0.389. The number of hydrogen-bond donors (Lipinski definition) is 0. The summed E-state index contributed by atoms with van der Waals surface area (Å²) >= 11 is 0. The molecule has 0 saturated carbocycles. The monoisotopic (exact) mass is 98.1 g/mol. The second kappa shape index (κ2) is 2.80. The largest absolute Gasteiger partial charge is 0.303 e. The van der Waals surface area contributed by atoms with Crippen molar-refractivity contribution in [1.82, 2.24) is 4.90 Å². The highest BCUT2D eigenvalue weighted by molar-refractivity contribution is 4.77.